The van der Waals surface area contributed by atoms with Crippen LogP contribution >= 0.6 is 0 Å². The van der Waals surface area contributed by atoms with E-state index < -0.39 is 0 Å². The van der Waals surface area contributed by atoms with Crippen molar-refractivity contribution in [3.63, 3.8) is 0 Å². The Morgan fingerprint density at radius 1 is 1.00 bits per heavy atom. The van der Waals surface area contributed by atoms with Gasteiger partial charge in [-0.1, -0.05) is 79.2 Å². The summed E-state index contributed by atoms with van der Waals surface area (Å²) in [5, 5.41) is 10.8. The molecule has 0 aliphatic heterocycles. The van der Waals surface area contributed by atoms with Crippen LogP contribution in [0.1, 0.15) is 113 Å². The van der Waals surface area contributed by atoms with Crippen LogP contribution in [0.2, 0.25) is 0 Å². The molecule has 0 saturated heterocycles. The molecule has 32 heavy (non-hydrogen) atoms. The van der Waals surface area contributed by atoms with Gasteiger partial charge in [0.05, 0.1) is 6.10 Å². The molecule has 0 amide bonds. The van der Waals surface area contributed by atoms with E-state index in [2.05, 4.69) is 68.0 Å². The van der Waals surface area contributed by atoms with E-state index in [1.165, 1.54) is 56.9 Å². The molecule has 0 unspecified atom stereocenters. The Balaban J connectivity index is 1.61. The van der Waals surface area contributed by atoms with Gasteiger partial charge in [-0.25, -0.2) is 0 Å². The fourth-order valence-corrected chi connectivity index (χ4v) is 9.57. The van der Waals surface area contributed by atoms with Crippen molar-refractivity contribution in [3.8, 4) is 0 Å². The normalized spacial score (nSPS) is 46.1. The molecule has 1 N–H and O–H groups in total. The Bertz CT molecular complexity index is 773. The zero-order valence-corrected chi connectivity index (χ0v) is 22.6. The lowest BCUT2D eigenvalue weighted by molar-refractivity contribution is -0.118. The van der Waals surface area contributed by atoms with Crippen molar-refractivity contribution in [2.75, 3.05) is 0 Å². The van der Waals surface area contributed by atoms with Gasteiger partial charge in [-0.3, -0.25) is 0 Å². The quantitative estimate of drug-likeness (QED) is 0.424. The number of fused-ring (bicyclic) bond motifs is 5. The first-order chi connectivity index (χ1) is 14.8. The molecule has 0 heterocycles. The van der Waals surface area contributed by atoms with E-state index in [0.717, 1.165) is 24.2 Å². The SMILES string of the molecule is C=C(CC[C@@H](C)[C@H]1CC[C@@]2(C)[C@@H]3CC[C@H]4C(C)(C)[C@@H](O)CC[C@]4(C)C3=CC[C@]12C)C(C)C. The maximum Gasteiger partial charge on any atom is 0.0594 e. The van der Waals surface area contributed by atoms with Crippen LogP contribution in [0.15, 0.2) is 23.8 Å². The summed E-state index contributed by atoms with van der Waals surface area (Å²) in [6, 6.07) is 0. The summed E-state index contributed by atoms with van der Waals surface area (Å²) < 4.78 is 0. The van der Waals surface area contributed by atoms with Crippen LogP contribution < -0.4 is 0 Å². The molecule has 0 spiro atoms. The van der Waals surface area contributed by atoms with Gasteiger partial charge in [-0.15, -0.1) is 0 Å². The minimum Gasteiger partial charge on any atom is -0.393 e. The molecular weight excluding hydrogens is 388 g/mol. The van der Waals surface area contributed by atoms with Crippen molar-refractivity contribution in [3.05, 3.63) is 23.8 Å². The molecule has 4 rings (SSSR count). The van der Waals surface area contributed by atoms with Crippen molar-refractivity contribution in [1.29, 1.82) is 0 Å². The Hall–Kier alpha value is -0.560. The summed E-state index contributed by atoms with van der Waals surface area (Å²) in [5.74, 6) is 3.59. The van der Waals surface area contributed by atoms with Crippen LogP contribution in [0.25, 0.3) is 0 Å². The van der Waals surface area contributed by atoms with E-state index in [0.29, 0.717) is 22.7 Å². The first-order valence-electron chi connectivity index (χ1n) is 13.9. The third-order valence-electron chi connectivity index (χ3n) is 12.3. The van der Waals surface area contributed by atoms with E-state index in [-0.39, 0.29) is 16.9 Å². The smallest absolute Gasteiger partial charge is 0.0594 e. The molecule has 0 aromatic heterocycles. The van der Waals surface area contributed by atoms with Gasteiger partial charge >= 0.3 is 0 Å². The zero-order chi connectivity index (χ0) is 23.7. The Morgan fingerprint density at radius 3 is 2.34 bits per heavy atom. The average molecular weight is 441 g/mol. The van der Waals surface area contributed by atoms with Gasteiger partial charge < -0.3 is 5.11 Å². The molecule has 0 bridgehead atoms. The van der Waals surface area contributed by atoms with Crippen LogP contribution in [0.3, 0.4) is 0 Å². The van der Waals surface area contributed by atoms with Crippen molar-refractivity contribution >= 4 is 0 Å². The second-order valence-corrected chi connectivity index (χ2v) is 14.1. The van der Waals surface area contributed by atoms with Gasteiger partial charge in [0, 0.05) is 0 Å². The molecule has 3 fully saturated rings. The summed E-state index contributed by atoms with van der Waals surface area (Å²) in [7, 11) is 0. The van der Waals surface area contributed by atoms with Crippen molar-refractivity contribution in [2.45, 2.75) is 119 Å². The average Bonchev–Trinajstić information content (AvgIpc) is 3.00. The first kappa shape index (κ1) is 24.6. The summed E-state index contributed by atoms with van der Waals surface area (Å²) >= 11 is 0. The lowest BCUT2D eigenvalue weighted by Gasteiger charge is -2.64. The monoisotopic (exact) mass is 440 g/mol. The molecule has 4 aliphatic carbocycles. The van der Waals surface area contributed by atoms with Crippen LogP contribution in [-0.4, -0.2) is 11.2 Å². The van der Waals surface area contributed by atoms with Gasteiger partial charge in [0.1, 0.15) is 0 Å². The largest absolute Gasteiger partial charge is 0.393 e. The standard InChI is InChI=1S/C31H52O/c1-20(2)21(3)10-11-22(4)23-14-18-31(9)25-12-13-26-28(5,6)27(32)16-17-29(26,7)24(25)15-19-30(23,31)8/h15,20,22-23,25-27,32H,3,10-14,16-19H2,1-2,4-9H3/t22-,23-,25-,26+,27+,29-,30-,31+/m1/s1. The van der Waals surface area contributed by atoms with Crippen molar-refractivity contribution < 1.29 is 5.11 Å². The molecule has 4 aliphatic rings. The third kappa shape index (κ3) is 3.34. The number of hydrogen-bond acceptors (Lipinski definition) is 1. The predicted molar refractivity (Wildman–Crippen MR) is 137 cm³/mol. The van der Waals surface area contributed by atoms with Crippen molar-refractivity contribution in [2.24, 2.45) is 51.2 Å². The van der Waals surface area contributed by atoms with Crippen LogP contribution in [0.4, 0.5) is 0 Å². The molecule has 0 aromatic rings. The van der Waals surface area contributed by atoms with Crippen LogP contribution in [-0.2, 0) is 0 Å². The van der Waals surface area contributed by atoms with E-state index in [9.17, 15) is 5.11 Å². The van der Waals surface area contributed by atoms with Gasteiger partial charge in [0.25, 0.3) is 0 Å². The van der Waals surface area contributed by atoms with E-state index >= 15 is 0 Å². The highest BCUT2D eigenvalue weighted by Crippen LogP contribution is 2.73. The molecular formula is C31H52O. The molecule has 0 radical (unpaired) electrons. The predicted octanol–water partition coefficient (Wildman–Crippen LogP) is 8.58. The van der Waals surface area contributed by atoms with Gasteiger partial charge in [-0.2, -0.15) is 0 Å². The number of hydrogen-bond donors (Lipinski definition) is 1. The molecule has 0 aromatic carbocycles. The van der Waals surface area contributed by atoms with E-state index in [4.69, 9.17) is 0 Å². The van der Waals surface area contributed by atoms with Crippen molar-refractivity contribution in [1.82, 2.24) is 0 Å². The molecule has 3 saturated carbocycles. The summed E-state index contributed by atoms with van der Waals surface area (Å²) in [5.41, 5.74) is 4.41. The number of aliphatic hydroxyl groups is 1. The topological polar surface area (TPSA) is 20.2 Å². The number of aliphatic hydroxyl groups excluding tert-OH is 1. The fourth-order valence-electron chi connectivity index (χ4n) is 9.57. The molecule has 1 heteroatoms. The summed E-state index contributed by atoms with van der Waals surface area (Å²) in [6.07, 6.45) is 14.0. The second kappa shape index (κ2) is 8.00. The highest BCUT2D eigenvalue weighted by atomic mass is 16.3. The fraction of sp³-hybridized carbons (Fsp3) is 0.871. The lowest BCUT2D eigenvalue weighted by atomic mass is 9.41. The maximum absolute atomic E-state index is 10.8. The minimum absolute atomic E-state index is 0.0337. The van der Waals surface area contributed by atoms with Gasteiger partial charge in [-0.05, 0) is 109 Å². The summed E-state index contributed by atoms with van der Waals surface area (Å²) in [6.45, 7) is 24.1. The van der Waals surface area contributed by atoms with Crippen LogP contribution in [0.5, 0.6) is 0 Å². The maximum atomic E-state index is 10.8. The first-order valence-corrected chi connectivity index (χ1v) is 13.9. The molecule has 182 valence electrons. The molecule has 8 atom stereocenters. The van der Waals surface area contributed by atoms with E-state index in [1.54, 1.807) is 5.57 Å². The third-order valence-corrected chi connectivity index (χ3v) is 12.3. The Kier molecular flexibility index (Phi) is 6.14. The van der Waals surface area contributed by atoms with Crippen LogP contribution in [0, 0.1) is 51.2 Å². The van der Waals surface area contributed by atoms with Gasteiger partial charge in [0.2, 0.25) is 0 Å². The number of allylic oxidation sites excluding steroid dienone is 3. The summed E-state index contributed by atoms with van der Waals surface area (Å²) in [4.78, 5) is 0. The molecule has 1 nitrogen and oxygen atoms in total. The Morgan fingerprint density at radius 2 is 1.69 bits per heavy atom. The highest BCUT2D eigenvalue weighted by molar-refractivity contribution is 5.32. The zero-order valence-electron chi connectivity index (χ0n) is 22.6. The van der Waals surface area contributed by atoms with E-state index in [1.807, 2.05) is 0 Å². The lowest BCUT2D eigenvalue weighted by Crippen LogP contribution is -2.57. The Labute approximate surface area is 199 Å². The second-order valence-electron chi connectivity index (χ2n) is 14.1. The minimum atomic E-state index is -0.139. The highest BCUT2D eigenvalue weighted by Gasteiger charge is 2.65. The van der Waals surface area contributed by atoms with Gasteiger partial charge in [0.15, 0.2) is 0 Å². The number of rotatable bonds is 5.